The molecule has 3 aliphatic rings. The van der Waals surface area contributed by atoms with Crippen LogP contribution in [0.5, 0.6) is 0 Å². The first-order valence-corrected chi connectivity index (χ1v) is 11.9. The first kappa shape index (κ1) is 21.3. The number of ether oxygens (including phenoxy) is 1. The minimum absolute atomic E-state index is 0.320. The van der Waals surface area contributed by atoms with Crippen LogP contribution >= 0.6 is 0 Å². The fourth-order valence-corrected chi connectivity index (χ4v) is 5.68. The van der Waals surface area contributed by atoms with E-state index in [4.69, 9.17) is 20.9 Å². The van der Waals surface area contributed by atoms with Crippen LogP contribution in [0.4, 0.5) is 0 Å². The van der Waals surface area contributed by atoms with Gasteiger partial charge in [-0.15, -0.1) is 0 Å². The number of aromatic nitrogens is 1. The number of fused-ring (bicyclic) bond motifs is 2. The van der Waals surface area contributed by atoms with Crippen molar-refractivity contribution in [3.05, 3.63) is 54.2 Å². The van der Waals surface area contributed by atoms with Gasteiger partial charge in [0, 0.05) is 50.0 Å². The van der Waals surface area contributed by atoms with Crippen molar-refractivity contribution in [1.82, 2.24) is 9.88 Å². The summed E-state index contributed by atoms with van der Waals surface area (Å²) in [6, 6.07) is 10.1. The molecule has 32 heavy (non-hydrogen) atoms. The molecule has 1 aromatic heterocycles. The lowest BCUT2D eigenvalue weighted by Crippen LogP contribution is -2.32. The highest BCUT2D eigenvalue weighted by molar-refractivity contribution is 6.11. The molecule has 168 valence electrons. The lowest BCUT2D eigenvalue weighted by atomic mass is 10.00. The number of aliphatic imine (C=N–C) groups is 1. The van der Waals surface area contributed by atoms with Crippen molar-refractivity contribution < 1.29 is 4.74 Å². The topological polar surface area (TPSA) is 87.6 Å². The summed E-state index contributed by atoms with van der Waals surface area (Å²) in [5, 5.41) is 9.42. The molecule has 3 N–H and O–H groups in total. The second kappa shape index (κ2) is 9.51. The van der Waals surface area contributed by atoms with E-state index in [1.807, 2.05) is 30.3 Å². The molecule has 1 aliphatic carbocycles. The molecule has 2 saturated heterocycles. The third-order valence-corrected chi connectivity index (χ3v) is 7.33. The molecule has 1 saturated carbocycles. The molecule has 2 aliphatic heterocycles. The molecule has 5 rings (SSSR count). The van der Waals surface area contributed by atoms with E-state index in [1.165, 1.54) is 32.5 Å². The van der Waals surface area contributed by atoms with Crippen molar-refractivity contribution in [2.45, 2.75) is 31.7 Å². The predicted molar refractivity (Wildman–Crippen MR) is 129 cm³/mol. The first-order valence-electron chi connectivity index (χ1n) is 11.9. The van der Waals surface area contributed by atoms with Crippen molar-refractivity contribution in [1.29, 1.82) is 5.41 Å². The molecule has 3 fully saturated rings. The first-order chi connectivity index (χ1) is 15.6. The van der Waals surface area contributed by atoms with E-state index in [-0.39, 0.29) is 0 Å². The van der Waals surface area contributed by atoms with E-state index in [0.29, 0.717) is 17.6 Å². The SMILES string of the molecule is N=C(/C=C\C(N)=NC1C[C@@H]2CN(CC3CCOCC3)C[C@@H]2C1)c1ccc2ncccc2c1. The maximum atomic E-state index is 8.38. The molecule has 3 heterocycles. The second-order valence-electron chi connectivity index (χ2n) is 9.63. The van der Waals surface area contributed by atoms with Gasteiger partial charge in [0.25, 0.3) is 0 Å². The van der Waals surface area contributed by atoms with E-state index >= 15 is 0 Å². The lowest BCUT2D eigenvalue weighted by molar-refractivity contribution is 0.0545. The van der Waals surface area contributed by atoms with Gasteiger partial charge >= 0.3 is 0 Å². The van der Waals surface area contributed by atoms with E-state index < -0.39 is 0 Å². The molecule has 0 amide bonds. The Morgan fingerprint density at radius 2 is 1.94 bits per heavy atom. The van der Waals surface area contributed by atoms with Crippen LogP contribution in [0, 0.1) is 23.2 Å². The van der Waals surface area contributed by atoms with Gasteiger partial charge in [0.2, 0.25) is 0 Å². The van der Waals surface area contributed by atoms with Crippen molar-refractivity contribution in [3.63, 3.8) is 0 Å². The molecule has 1 aromatic carbocycles. The second-order valence-corrected chi connectivity index (χ2v) is 9.63. The summed E-state index contributed by atoms with van der Waals surface area (Å²) in [6.07, 6.45) is 10.0. The molecule has 6 nitrogen and oxygen atoms in total. The highest BCUT2D eigenvalue weighted by Crippen LogP contribution is 2.40. The van der Waals surface area contributed by atoms with Crippen molar-refractivity contribution in [2.75, 3.05) is 32.8 Å². The fourth-order valence-electron chi connectivity index (χ4n) is 5.68. The van der Waals surface area contributed by atoms with Crippen molar-refractivity contribution in [2.24, 2.45) is 28.5 Å². The van der Waals surface area contributed by atoms with Crippen molar-refractivity contribution in [3.8, 4) is 0 Å². The maximum Gasteiger partial charge on any atom is 0.118 e. The van der Waals surface area contributed by atoms with Gasteiger partial charge in [-0.3, -0.25) is 9.98 Å². The zero-order valence-corrected chi connectivity index (χ0v) is 18.6. The van der Waals surface area contributed by atoms with Gasteiger partial charge in [0.1, 0.15) is 5.84 Å². The van der Waals surface area contributed by atoms with Gasteiger partial charge in [0.15, 0.2) is 0 Å². The molecule has 0 radical (unpaired) electrons. The largest absolute Gasteiger partial charge is 0.384 e. The number of nitrogens with zero attached hydrogens (tertiary/aromatic N) is 3. The number of rotatable bonds is 6. The van der Waals surface area contributed by atoms with Crippen LogP contribution in [-0.2, 0) is 4.74 Å². The number of amidine groups is 1. The summed E-state index contributed by atoms with van der Waals surface area (Å²) in [7, 11) is 0. The summed E-state index contributed by atoms with van der Waals surface area (Å²) in [5.41, 5.74) is 8.43. The number of nitrogens with two attached hydrogens (primary N) is 1. The Balaban J connectivity index is 1.13. The van der Waals surface area contributed by atoms with Crippen LogP contribution in [0.2, 0.25) is 0 Å². The number of nitrogens with one attached hydrogen (secondary N) is 1. The normalized spacial score (nSPS) is 27.4. The Bertz CT molecular complexity index is 1010. The van der Waals surface area contributed by atoms with Crippen LogP contribution in [0.3, 0.4) is 0 Å². The van der Waals surface area contributed by atoms with Gasteiger partial charge < -0.3 is 20.8 Å². The Morgan fingerprint density at radius 1 is 1.16 bits per heavy atom. The molecular weight excluding hydrogens is 398 g/mol. The molecule has 0 bridgehead atoms. The summed E-state index contributed by atoms with van der Waals surface area (Å²) in [5.74, 6) is 2.85. The zero-order valence-electron chi connectivity index (χ0n) is 18.6. The maximum absolute atomic E-state index is 8.38. The third kappa shape index (κ3) is 4.92. The van der Waals surface area contributed by atoms with Gasteiger partial charge in [-0.25, -0.2) is 0 Å². The van der Waals surface area contributed by atoms with Gasteiger partial charge in [0.05, 0.1) is 17.3 Å². The molecular formula is C26H33N5O. The summed E-state index contributed by atoms with van der Waals surface area (Å²) >= 11 is 0. The number of likely N-dealkylation sites (tertiary alicyclic amines) is 1. The quantitative estimate of drug-likeness (QED) is 0.540. The monoisotopic (exact) mass is 431 g/mol. The summed E-state index contributed by atoms with van der Waals surface area (Å²) < 4.78 is 5.50. The molecule has 0 spiro atoms. The molecule has 1 unspecified atom stereocenters. The van der Waals surface area contributed by atoms with Crippen LogP contribution in [0.1, 0.15) is 31.2 Å². The summed E-state index contributed by atoms with van der Waals surface area (Å²) in [6.45, 7) is 5.54. The Labute approximate surface area is 190 Å². The predicted octanol–water partition coefficient (Wildman–Crippen LogP) is 3.65. The zero-order chi connectivity index (χ0) is 21.9. The number of allylic oxidation sites excluding steroid dienone is 1. The van der Waals surface area contributed by atoms with Gasteiger partial charge in [-0.05, 0) is 73.8 Å². The standard InChI is InChI=1S/C26H33N5O/c27-24(19-3-5-25-20(12-19)2-1-9-29-25)4-6-26(28)30-23-13-21-16-31(17-22(21)14-23)15-18-7-10-32-11-8-18/h1-6,9,12,18,21-23,27H,7-8,10-11,13-17H2,(H2,28,30)/b6-4-,27-24?/t21-,22+,23?. The average Bonchev–Trinajstić information content (AvgIpc) is 3.35. The number of hydrogen-bond acceptors (Lipinski definition) is 5. The molecule has 2 aromatic rings. The fraction of sp³-hybridized carbons (Fsp3) is 0.500. The van der Waals surface area contributed by atoms with Crippen molar-refractivity contribution >= 4 is 22.5 Å². The number of benzene rings is 1. The van der Waals surface area contributed by atoms with Gasteiger partial charge in [-0.1, -0.05) is 12.1 Å². The minimum atomic E-state index is 0.320. The highest BCUT2D eigenvalue weighted by Gasteiger charge is 2.41. The Kier molecular flexibility index (Phi) is 6.32. The molecule has 6 heteroatoms. The number of hydrogen-bond donors (Lipinski definition) is 2. The van der Waals surface area contributed by atoms with E-state index in [0.717, 1.165) is 60.3 Å². The molecule has 3 atom stereocenters. The Morgan fingerprint density at radius 3 is 2.72 bits per heavy atom. The van der Waals surface area contributed by atoms with Crippen LogP contribution in [-0.4, -0.2) is 60.3 Å². The summed E-state index contributed by atoms with van der Waals surface area (Å²) in [4.78, 5) is 11.8. The van der Waals surface area contributed by atoms with Crippen LogP contribution in [0.15, 0.2) is 53.7 Å². The minimum Gasteiger partial charge on any atom is -0.384 e. The van der Waals surface area contributed by atoms with Crippen LogP contribution < -0.4 is 5.73 Å². The Hall–Kier alpha value is -2.57. The average molecular weight is 432 g/mol. The van der Waals surface area contributed by atoms with E-state index in [1.54, 1.807) is 18.3 Å². The lowest BCUT2D eigenvalue weighted by Gasteiger charge is -2.27. The van der Waals surface area contributed by atoms with E-state index in [2.05, 4.69) is 9.88 Å². The van der Waals surface area contributed by atoms with Crippen LogP contribution in [0.25, 0.3) is 10.9 Å². The smallest absolute Gasteiger partial charge is 0.118 e. The number of pyridine rings is 1. The highest BCUT2D eigenvalue weighted by atomic mass is 16.5. The third-order valence-electron chi connectivity index (χ3n) is 7.33. The van der Waals surface area contributed by atoms with Gasteiger partial charge in [-0.2, -0.15) is 0 Å². The van der Waals surface area contributed by atoms with E-state index in [9.17, 15) is 0 Å².